The molecule has 10 heteroatoms. The molecule has 3 rings (SSSR count). The minimum absolute atomic E-state index is 0.0203. The van der Waals surface area contributed by atoms with Crippen LogP contribution in [0.1, 0.15) is 21.6 Å². The van der Waals surface area contributed by atoms with E-state index in [2.05, 4.69) is 25.6 Å². The summed E-state index contributed by atoms with van der Waals surface area (Å²) < 4.78 is 40.3. The van der Waals surface area contributed by atoms with Crippen molar-refractivity contribution < 1.29 is 18.0 Å². The lowest BCUT2D eigenvalue weighted by Gasteiger charge is -2.13. The molecule has 2 N–H and O–H groups in total. The number of benzene rings is 1. The lowest BCUT2D eigenvalue weighted by atomic mass is 10.2. The predicted octanol–water partition coefficient (Wildman–Crippen LogP) is 4.22. The Labute approximate surface area is 162 Å². The fourth-order valence-electron chi connectivity index (χ4n) is 2.30. The number of hydrogen-bond donors (Lipinski definition) is 2. The van der Waals surface area contributed by atoms with Crippen LogP contribution in [0.2, 0.25) is 5.02 Å². The van der Waals surface area contributed by atoms with Crippen LogP contribution in [0.25, 0.3) is 0 Å². The van der Waals surface area contributed by atoms with E-state index in [9.17, 15) is 18.0 Å². The molecule has 0 atom stereocenters. The van der Waals surface area contributed by atoms with Gasteiger partial charge in [0.05, 0.1) is 5.56 Å². The molecule has 28 heavy (non-hydrogen) atoms. The first-order valence-electron chi connectivity index (χ1n) is 7.97. The van der Waals surface area contributed by atoms with Crippen molar-refractivity contribution >= 4 is 29.1 Å². The fraction of sp³-hybridized carbons (Fsp3) is 0.111. The molecule has 0 aliphatic rings. The van der Waals surface area contributed by atoms with Gasteiger partial charge in [0.1, 0.15) is 0 Å². The van der Waals surface area contributed by atoms with E-state index < -0.39 is 23.3 Å². The van der Waals surface area contributed by atoms with Crippen molar-refractivity contribution in [3.8, 4) is 0 Å². The standard InChI is InChI=1S/C18H13ClF3N5O/c19-12-4-1-5-13(7-12)26-17-25-10-14(15(27-17)18(20,21)22)16(28)24-9-11-3-2-6-23-8-11/h1-8,10H,9H2,(H,24,28)(H,25,26,27). The molecule has 144 valence electrons. The number of rotatable bonds is 5. The van der Waals surface area contributed by atoms with Crippen LogP contribution in [-0.4, -0.2) is 20.9 Å². The summed E-state index contributed by atoms with van der Waals surface area (Å²) in [6, 6.07) is 9.68. The lowest BCUT2D eigenvalue weighted by Crippen LogP contribution is -2.27. The summed E-state index contributed by atoms with van der Waals surface area (Å²) in [5.74, 6) is -1.25. The number of nitrogens with one attached hydrogen (secondary N) is 2. The number of carbonyl (C=O) groups excluding carboxylic acids is 1. The fourth-order valence-corrected chi connectivity index (χ4v) is 2.49. The summed E-state index contributed by atoms with van der Waals surface area (Å²) in [6.07, 6.45) is -0.956. The van der Waals surface area contributed by atoms with Crippen LogP contribution in [0.15, 0.2) is 55.0 Å². The summed E-state index contributed by atoms with van der Waals surface area (Å²) in [5, 5.41) is 5.44. The molecule has 0 aliphatic carbocycles. The first kappa shape index (κ1) is 19.6. The van der Waals surface area contributed by atoms with Crippen molar-refractivity contribution in [2.75, 3.05) is 5.32 Å². The molecule has 0 fully saturated rings. The van der Waals surface area contributed by atoms with Crippen LogP contribution >= 0.6 is 11.6 Å². The first-order chi connectivity index (χ1) is 13.3. The zero-order valence-corrected chi connectivity index (χ0v) is 14.9. The molecular formula is C18H13ClF3N5O. The number of carbonyl (C=O) groups is 1. The van der Waals surface area contributed by atoms with Crippen LogP contribution in [0, 0.1) is 0 Å². The second-order valence-electron chi connectivity index (χ2n) is 5.63. The van der Waals surface area contributed by atoms with Crippen LogP contribution < -0.4 is 10.6 Å². The van der Waals surface area contributed by atoms with E-state index >= 15 is 0 Å². The van der Waals surface area contributed by atoms with E-state index in [-0.39, 0.29) is 12.5 Å². The molecule has 6 nitrogen and oxygen atoms in total. The molecule has 0 aliphatic heterocycles. The van der Waals surface area contributed by atoms with Crippen molar-refractivity contribution in [3.05, 3.63) is 76.8 Å². The Morgan fingerprint density at radius 1 is 1.14 bits per heavy atom. The lowest BCUT2D eigenvalue weighted by molar-refractivity contribution is -0.141. The number of nitrogens with zero attached hydrogens (tertiary/aromatic N) is 3. The average molecular weight is 408 g/mol. The second-order valence-corrected chi connectivity index (χ2v) is 6.07. The van der Waals surface area contributed by atoms with Crippen molar-refractivity contribution in [2.24, 2.45) is 0 Å². The number of hydrogen-bond acceptors (Lipinski definition) is 5. The van der Waals surface area contributed by atoms with Gasteiger partial charge in [-0.2, -0.15) is 13.2 Å². The maximum absolute atomic E-state index is 13.4. The molecule has 1 aromatic carbocycles. The summed E-state index contributed by atoms with van der Waals surface area (Å²) in [6.45, 7) is 0.0203. The van der Waals surface area contributed by atoms with E-state index in [1.54, 1.807) is 36.5 Å². The van der Waals surface area contributed by atoms with E-state index in [1.165, 1.54) is 12.3 Å². The molecular weight excluding hydrogens is 395 g/mol. The van der Waals surface area contributed by atoms with Gasteiger partial charge in [0.2, 0.25) is 5.95 Å². The van der Waals surface area contributed by atoms with E-state index in [1.807, 2.05) is 0 Å². The molecule has 0 radical (unpaired) electrons. The highest BCUT2D eigenvalue weighted by Gasteiger charge is 2.38. The van der Waals surface area contributed by atoms with Crippen LogP contribution in [0.4, 0.5) is 24.8 Å². The normalized spacial score (nSPS) is 11.1. The molecule has 0 spiro atoms. The summed E-state index contributed by atoms with van der Waals surface area (Å²) in [5.41, 5.74) is -0.956. The van der Waals surface area contributed by atoms with Gasteiger partial charge in [0.25, 0.3) is 5.91 Å². The van der Waals surface area contributed by atoms with Gasteiger partial charge >= 0.3 is 6.18 Å². The Morgan fingerprint density at radius 3 is 2.64 bits per heavy atom. The Kier molecular flexibility index (Phi) is 5.74. The maximum atomic E-state index is 13.4. The predicted molar refractivity (Wildman–Crippen MR) is 97.2 cm³/mol. The van der Waals surface area contributed by atoms with Gasteiger partial charge in [0.15, 0.2) is 5.69 Å². The molecule has 0 saturated carbocycles. The van der Waals surface area contributed by atoms with E-state index in [4.69, 9.17) is 11.6 Å². The average Bonchev–Trinajstić information content (AvgIpc) is 2.66. The Hall–Kier alpha value is -3.20. The summed E-state index contributed by atoms with van der Waals surface area (Å²) in [4.78, 5) is 23.4. The molecule has 0 bridgehead atoms. The summed E-state index contributed by atoms with van der Waals surface area (Å²) >= 11 is 5.85. The Morgan fingerprint density at radius 2 is 1.96 bits per heavy atom. The third-order valence-electron chi connectivity index (χ3n) is 3.56. The highest BCUT2D eigenvalue weighted by molar-refractivity contribution is 6.30. The largest absolute Gasteiger partial charge is 0.434 e. The van der Waals surface area contributed by atoms with Crippen LogP contribution in [0.5, 0.6) is 0 Å². The molecule has 2 aromatic heterocycles. The molecule has 0 saturated heterocycles. The van der Waals surface area contributed by atoms with Crippen molar-refractivity contribution in [3.63, 3.8) is 0 Å². The van der Waals surface area contributed by atoms with Crippen LogP contribution in [0.3, 0.4) is 0 Å². The van der Waals surface area contributed by atoms with Gasteiger partial charge in [0, 0.05) is 35.8 Å². The highest BCUT2D eigenvalue weighted by Crippen LogP contribution is 2.31. The second kappa shape index (κ2) is 8.22. The van der Waals surface area contributed by atoms with Gasteiger partial charge in [-0.05, 0) is 29.8 Å². The number of aromatic nitrogens is 3. The SMILES string of the molecule is O=C(NCc1cccnc1)c1cnc(Nc2cccc(Cl)c2)nc1C(F)(F)F. The zero-order valence-electron chi connectivity index (χ0n) is 14.2. The van der Waals surface area contributed by atoms with Gasteiger partial charge in [-0.25, -0.2) is 9.97 Å². The number of halogens is 4. The van der Waals surface area contributed by atoms with Gasteiger partial charge < -0.3 is 10.6 Å². The van der Waals surface area contributed by atoms with Crippen molar-refractivity contribution in [2.45, 2.75) is 12.7 Å². The first-order valence-corrected chi connectivity index (χ1v) is 8.34. The number of amides is 1. The molecule has 0 unspecified atom stereocenters. The maximum Gasteiger partial charge on any atom is 0.434 e. The van der Waals surface area contributed by atoms with Gasteiger partial charge in [-0.3, -0.25) is 9.78 Å². The summed E-state index contributed by atoms with van der Waals surface area (Å²) in [7, 11) is 0. The van der Waals surface area contributed by atoms with Crippen LogP contribution in [-0.2, 0) is 12.7 Å². The highest BCUT2D eigenvalue weighted by atomic mass is 35.5. The zero-order chi connectivity index (χ0) is 20.1. The van der Waals surface area contributed by atoms with E-state index in [0.717, 1.165) is 6.20 Å². The number of pyridine rings is 1. The number of anilines is 2. The molecule has 3 aromatic rings. The van der Waals surface area contributed by atoms with Crippen molar-refractivity contribution in [1.29, 1.82) is 0 Å². The Balaban J connectivity index is 1.83. The topological polar surface area (TPSA) is 79.8 Å². The van der Waals surface area contributed by atoms with Gasteiger partial charge in [-0.1, -0.05) is 23.7 Å². The monoisotopic (exact) mass is 407 g/mol. The molecule has 1 amide bonds. The molecule has 2 heterocycles. The van der Waals surface area contributed by atoms with Crippen molar-refractivity contribution in [1.82, 2.24) is 20.3 Å². The quantitative estimate of drug-likeness (QED) is 0.662. The number of alkyl halides is 3. The Bertz CT molecular complexity index is 982. The smallest absolute Gasteiger partial charge is 0.348 e. The third-order valence-corrected chi connectivity index (χ3v) is 3.79. The minimum atomic E-state index is -4.84. The van der Waals surface area contributed by atoms with Gasteiger partial charge in [-0.15, -0.1) is 0 Å². The minimum Gasteiger partial charge on any atom is -0.348 e. The third kappa shape index (κ3) is 4.95. The van der Waals surface area contributed by atoms with E-state index in [0.29, 0.717) is 16.3 Å².